The quantitative estimate of drug-likeness (QED) is 0.335. The van der Waals surface area contributed by atoms with Crippen LogP contribution in [0, 0.1) is 12.3 Å². The van der Waals surface area contributed by atoms with Crippen LogP contribution in [-0.2, 0) is 0 Å². The molecule has 0 heterocycles. The van der Waals surface area contributed by atoms with E-state index in [1.807, 2.05) is 18.2 Å². The molecular formula is C14H20N2O2. The summed E-state index contributed by atoms with van der Waals surface area (Å²) < 4.78 is 10.7. The molecule has 18 heavy (non-hydrogen) atoms. The highest BCUT2D eigenvalue weighted by Crippen LogP contribution is 2.35. The van der Waals surface area contributed by atoms with Gasteiger partial charge in [0.05, 0.1) is 14.2 Å². The predicted octanol–water partition coefficient (Wildman–Crippen LogP) is 2.01. The monoisotopic (exact) mass is 248 g/mol. The van der Waals surface area contributed by atoms with E-state index in [0.29, 0.717) is 11.5 Å². The first-order chi connectivity index (χ1) is 8.78. The molecule has 0 saturated carbocycles. The van der Waals surface area contributed by atoms with Crippen LogP contribution in [0.15, 0.2) is 18.2 Å². The Kier molecular flexibility index (Phi) is 6.06. The lowest BCUT2D eigenvalue weighted by Gasteiger charge is -2.20. The first-order valence-electron chi connectivity index (χ1n) is 5.89. The summed E-state index contributed by atoms with van der Waals surface area (Å²) in [7, 11) is 3.24. The zero-order chi connectivity index (χ0) is 13.4. The highest BCUT2D eigenvalue weighted by Gasteiger charge is 2.17. The molecule has 4 heteroatoms. The smallest absolute Gasteiger partial charge is 0.165 e. The first kappa shape index (κ1) is 14.4. The summed E-state index contributed by atoms with van der Waals surface area (Å²) in [5.74, 6) is 9.64. The van der Waals surface area contributed by atoms with Crippen LogP contribution >= 0.6 is 0 Å². The average Bonchev–Trinajstić information content (AvgIpc) is 2.42. The molecule has 1 unspecified atom stereocenters. The summed E-state index contributed by atoms with van der Waals surface area (Å²) in [6.07, 6.45) is 7.75. The number of nitrogens with two attached hydrogens (primary N) is 1. The Bertz CT molecular complexity index is 413. The van der Waals surface area contributed by atoms with Crippen LogP contribution in [0.25, 0.3) is 0 Å². The second kappa shape index (κ2) is 7.59. The molecule has 0 aromatic heterocycles. The lowest BCUT2D eigenvalue weighted by Crippen LogP contribution is -2.28. The number of benzene rings is 1. The van der Waals surface area contributed by atoms with Crippen molar-refractivity contribution in [1.29, 1.82) is 0 Å². The third kappa shape index (κ3) is 3.39. The number of para-hydroxylation sites is 1. The van der Waals surface area contributed by atoms with Gasteiger partial charge in [-0.1, -0.05) is 12.1 Å². The molecule has 1 aromatic carbocycles. The van der Waals surface area contributed by atoms with Crippen LogP contribution in [0.5, 0.6) is 11.5 Å². The number of hydrogen-bond acceptors (Lipinski definition) is 4. The largest absolute Gasteiger partial charge is 0.493 e. The van der Waals surface area contributed by atoms with Crippen molar-refractivity contribution in [1.82, 2.24) is 5.43 Å². The van der Waals surface area contributed by atoms with Crippen molar-refractivity contribution in [3.8, 4) is 23.8 Å². The standard InChI is InChI=1S/C14H20N2O2/c1-4-5-6-9-12(16-15)11-8-7-10-13(17-2)14(11)18-3/h1,7-8,10,12,16H,5-6,9,15H2,2-3H3. The number of hydrazine groups is 1. The molecule has 0 saturated heterocycles. The number of ether oxygens (including phenoxy) is 2. The molecule has 0 radical (unpaired) electrons. The number of hydrogen-bond donors (Lipinski definition) is 2. The molecule has 0 bridgehead atoms. The Labute approximate surface area is 108 Å². The van der Waals surface area contributed by atoms with E-state index in [1.54, 1.807) is 14.2 Å². The number of nitrogens with one attached hydrogen (secondary N) is 1. The summed E-state index contributed by atoms with van der Waals surface area (Å²) >= 11 is 0. The second-order valence-corrected chi connectivity index (χ2v) is 3.90. The molecule has 0 amide bonds. The van der Waals surface area contributed by atoms with Gasteiger partial charge >= 0.3 is 0 Å². The molecule has 1 rings (SSSR count). The minimum Gasteiger partial charge on any atom is -0.493 e. The van der Waals surface area contributed by atoms with Gasteiger partial charge in [0.25, 0.3) is 0 Å². The fraction of sp³-hybridized carbons (Fsp3) is 0.429. The molecule has 4 nitrogen and oxygen atoms in total. The SMILES string of the molecule is C#CCCCC(NN)c1cccc(OC)c1OC. The van der Waals surface area contributed by atoms with Crippen LogP contribution in [0.4, 0.5) is 0 Å². The zero-order valence-corrected chi connectivity index (χ0v) is 10.9. The maximum Gasteiger partial charge on any atom is 0.165 e. The predicted molar refractivity (Wildman–Crippen MR) is 72.3 cm³/mol. The average molecular weight is 248 g/mol. The van der Waals surface area contributed by atoms with Gasteiger partial charge < -0.3 is 9.47 Å². The molecule has 0 aliphatic carbocycles. The van der Waals surface area contributed by atoms with Crippen LogP contribution in [0.1, 0.15) is 30.9 Å². The minimum atomic E-state index is 0.00315. The lowest BCUT2D eigenvalue weighted by molar-refractivity contribution is 0.345. The van der Waals surface area contributed by atoms with Crippen LogP contribution in [0.3, 0.4) is 0 Å². The van der Waals surface area contributed by atoms with Crippen molar-refractivity contribution in [2.45, 2.75) is 25.3 Å². The molecule has 0 spiro atoms. The topological polar surface area (TPSA) is 56.5 Å². The van der Waals surface area contributed by atoms with Gasteiger partial charge in [0.2, 0.25) is 0 Å². The van der Waals surface area contributed by atoms with E-state index >= 15 is 0 Å². The van der Waals surface area contributed by atoms with Crippen LogP contribution in [0.2, 0.25) is 0 Å². The summed E-state index contributed by atoms with van der Waals surface area (Å²) in [5, 5.41) is 0. The van der Waals surface area contributed by atoms with Gasteiger partial charge in [-0.3, -0.25) is 11.3 Å². The molecule has 0 aliphatic rings. The van der Waals surface area contributed by atoms with Crippen molar-refractivity contribution in [2.75, 3.05) is 14.2 Å². The van der Waals surface area contributed by atoms with Crippen molar-refractivity contribution in [2.24, 2.45) is 5.84 Å². The number of unbranched alkanes of at least 4 members (excludes halogenated alkanes) is 1. The highest BCUT2D eigenvalue weighted by atomic mass is 16.5. The van der Waals surface area contributed by atoms with Crippen molar-refractivity contribution in [3.05, 3.63) is 23.8 Å². The minimum absolute atomic E-state index is 0.00315. The molecule has 1 atom stereocenters. The number of rotatable bonds is 7. The first-order valence-corrected chi connectivity index (χ1v) is 5.89. The maximum atomic E-state index is 5.60. The van der Waals surface area contributed by atoms with Gasteiger partial charge in [0, 0.05) is 18.0 Å². The van der Waals surface area contributed by atoms with Gasteiger partial charge in [-0.2, -0.15) is 0 Å². The van der Waals surface area contributed by atoms with Gasteiger partial charge in [-0.15, -0.1) is 12.3 Å². The van der Waals surface area contributed by atoms with E-state index in [0.717, 1.165) is 24.8 Å². The summed E-state index contributed by atoms with van der Waals surface area (Å²) in [6.45, 7) is 0. The highest BCUT2D eigenvalue weighted by molar-refractivity contribution is 5.48. The van der Waals surface area contributed by atoms with Crippen LogP contribution < -0.4 is 20.7 Å². The normalized spacial score (nSPS) is 11.7. The van der Waals surface area contributed by atoms with Crippen molar-refractivity contribution < 1.29 is 9.47 Å². The van der Waals surface area contributed by atoms with E-state index in [1.165, 1.54) is 0 Å². The zero-order valence-electron chi connectivity index (χ0n) is 10.9. The Morgan fingerprint density at radius 3 is 2.72 bits per heavy atom. The molecule has 0 fully saturated rings. The number of terminal acetylenes is 1. The fourth-order valence-corrected chi connectivity index (χ4v) is 1.92. The third-order valence-corrected chi connectivity index (χ3v) is 2.82. The lowest BCUT2D eigenvalue weighted by atomic mass is 10.00. The van der Waals surface area contributed by atoms with E-state index in [2.05, 4.69) is 11.3 Å². The third-order valence-electron chi connectivity index (χ3n) is 2.82. The summed E-state index contributed by atoms with van der Waals surface area (Å²) in [6, 6.07) is 5.75. The fourth-order valence-electron chi connectivity index (χ4n) is 1.92. The van der Waals surface area contributed by atoms with Crippen molar-refractivity contribution >= 4 is 0 Å². The summed E-state index contributed by atoms with van der Waals surface area (Å²) in [5.41, 5.74) is 3.78. The molecular weight excluding hydrogens is 228 g/mol. The van der Waals surface area contributed by atoms with E-state index in [9.17, 15) is 0 Å². The summed E-state index contributed by atoms with van der Waals surface area (Å²) in [4.78, 5) is 0. The van der Waals surface area contributed by atoms with Gasteiger partial charge in [0.1, 0.15) is 0 Å². The Hall–Kier alpha value is -1.70. The Morgan fingerprint density at radius 1 is 1.39 bits per heavy atom. The number of methoxy groups -OCH3 is 2. The molecule has 0 aliphatic heterocycles. The van der Waals surface area contributed by atoms with Crippen LogP contribution in [-0.4, -0.2) is 14.2 Å². The Morgan fingerprint density at radius 2 is 2.17 bits per heavy atom. The van der Waals surface area contributed by atoms with E-state index < -0.39 is 0 Å². The molecule has 98 valence electrons. The van der Waals surface area contributed by atoms with E-state index in [-0.39, 0.29) is 6.04 Å². The van der Waals surface area contributed by atoms with Gasteiger partial charge in [-0.05, 0) is 18.9 Å². The molecule has 3 N–H and O–H groups in total. The van der Waals surface area contributed by atoms with Gasteiger partial charge in [-0.25, -0.2) is 0 Å². The molecule has 1 aromatic rings. The second-order valence-electron chi connectivity index (χ2n) is 3.90. The van der Waals surface area contributed by atoms with E-state index in [4.69, 9.17) is 21.7 Å². The maximum absolute atomic E-state index is 5.60. The van der Waals surface area contributed by atoms with Crippen molar-refractivity contribution in [3.63, 3.8) is 0 Å². The Balaban J connectivity index is 2.94. The van der Waals surface area contributed by atoms with Gasteiger partial charge in [0.15, 0.2) is 11.5 Å².